The maximum atomic E-state index is 11.8. The summed E-state index contributed by atoms with van der Waals surface area (Å²) < 4.78 is 22.9. The first-order chi connectivity index (χ1) is 8.16. The molecule has 1 heterocycles. The van der Waals surface area contributed by atoms with E-state index in [1.54, 1.807) is 0 Å². The molecule has 0 bridgehead atoms. The molecule has 0 aromatic rings. The topological polar surface area (TPSA) is 49.4 Å². The predicted molar refractivity (Wildman–Crippen MR) is 76.7 cm³/mol. The van der Waals surface area contributed by atoms with Crippen molar-refractivity contribution in [2.24, 2.45) is 0 Å². The molecule has 1 fully saturated rings. The molecule has 4 nitrogen and oxygen atoms in total. The Morgan fingerprint density at radius 3 is 2.28 bits per heavy atom. The number of nitrogens with one attached hydrogen (secondary N) is 1. The second kappa shape index (κ2) is 5.47. The van der Waals surface area contributed by atoms with Gasteiger partial charge in [-0.25, -0.2) is 8.42 Å². The number of nitrogens with zero attached hydrogens (tertiary/aromatic N) is 1. The summed E-state index contributed by atoms with van der Waals surface area (Å²) in [7, 11) is -3.01. The van der Waals surface area contributed by atoms with Gasteiger partial charge in [-0.3, -0.25) is 4.90 Å². The minimum absolute atomic E-state index is 0.159. The highest BCUT2D eigenvalue weighted by Crippen LogP contribution is 2.23. The molecule has 0 aromatic heterocycles. The SMILES string of the molecule is CCC1(CC)CN(CC(C)(C)S(C)(=O)=O)CCN1. The molecule has 108 valence electrons. The fraction of sp³-hybridized carbons (Fsp3) is 1.00. The van der Waals surface area contributed by atoms with Crippen molar-refractivity contribution < 1.29 is 8.42 Å². The molecule has 0 amide bonds. The summed E-state index contributed by atoms with van der Waals surface area (Å²) in [6.07, 6.45) is 3.50. The fourth-order valence-electron chi connectivity index (χ4n) is 2.56. The Balaban J connectivity index is 2.75. The maximum absolute atomic E-state index is 11.8. The third-order valence-corrected chi connectivity index (χ3v) is 6.55. The van der Waals surface area contributed by atoms with E-state index in [1.165, 1.54) is 6.26 Å². The molecule has 0 atom stereocenters. The standard InChI is InChI=1S/C13H28N2O2S/c1-6-13(7-2)11-15(9-8-14-13)10-12(3,4)18(5,16)17/h14H,6-11H2,1-5H3. The monoisotopic (exact) mass is 276 g/mol. The zero-order chi connectivity index (χ0) is 14.0. The van der Waals surface area contributed by atoms with Crippen LogP contribution in [0.3, 0.4) is 0 Å². The van der Waals surface area contributed by atoms with Gasteiger partial charge in [0.05, 0.1) is 4.75 Å². The van der Waals surface area contributed by atoms with E-state index in [1.807, 2.05) is 13.8 Å². The van der Waals surface area contributed by atoms with E-state index in [2.05, 4.69) is 24.1 Å². The van der Waals surface area contributed by atoms with Gasteiger partial charge < -0.3 is 5.32 Å². The van der Waals surface area contributed by atoms with E-state index >= 15 is 0 Å². The molecule has 0 aliphatic carbocycles. The lowest BCUT2D eigenvalue weighted by Crippen LogP contribution is -2.62. The summed E-state index contributed by atoms with van der Waals surface area (Å²) >= 11 is 0. The van der Waals surface area contributed by atoms with Crippen LogP contribution < -0.4 is 5.32 Å². The van der Waals surface area contributed by atoms with Crippen molar-refractivity contribution in [3.8, 4) is 0 Å². The van der Waals surface area contributed by atoms with Gasteiger partial charge in [-0.15, -0.1) is 0 Å². The summed E-state index contributed by atoms with van der Waals surface area (Å²) in [6.45, 7) is 11.5. The van der Waals surface area contributed by atoms with Gasteiger partial charge in [0.2, 0.25) is 0 Å². The second-order valence-corrected chi connectivity index (χ2v) is 8.81. The van der Waals surface area contributed by atoms with Crippen molar-refractivity contribution >= 4 is 9.84 Å². The van der Waals surface area contributed by atoms with Crippen molar-refractivity contribution in [1.82, 2.24) is 10.2 Å². The molecule has 1 aliphatic rings. The number of rotatable bonds is 5. The third kappa shape index (κ3) is 3.45. The molecule has 5 heteroatoms. The second-order valence-electron chi connectivity index (χ2n) is 6.16. The van der Waals surface area contributed by atoms with E-state index in [9.17, 15) is 8.42 Å². The Hall–Kier alpha value is -0.130. The Morgan fingerprint density at radius 2 is 1.83 bits per heavy atom. The quantitative estimate of drug-likeness (QED) is 0.822. The average molecular weight is 276 g/mol. The molecule has 0 aromatic carbocycles. The van der Waals surface area contributed by atoms with Crippen LogP contribution in [0.5, 0.6) is 0 Å². The lowest BCUT2D eigenvalue weighted by Gasteiger charge is -2.45. The van der Waals surface area contributed by atoms with E-state index in [0.717, 1.165) is 32.5 Å². The first-order valence-corrected chi connectivity index (χ1v) is 8.72. The fourth-order valence-corrected chi connectivity index (χ4v) is 2.97. The molecule has 0 radical (unpaired) electrons. The van der Waals surface area contributed by atoms with Crippen LogP contribution in [-0.4, -0.2) is 56.0 Å². The Kier molecular flexibility index (Phi) is 4.84. The summed E-state index contributed by atoms with van der Waals surface area (Å²) in [6, 6.07) is 0. The minimum atomic E-state index is -3.01. The average Bonchev–Trinajstić information content (AvgIpc) is 2.27. The zero-order valence-electron chi connectivity index (χ0n) is 12.4. The van der Waals surface area contributed by atoms with E-state index in [4.69, 9.17) is 0 Å². The molecule has 0 saturated carbocycles. The van der Waals surface area contributed by atoms with Gasteiger partial charge in [0.15, 0.2) is 9.84 Å². The maximum Gasteiger partial charge on any atom is 0.153 e. The molecule has 1 N–H and O–H groups in total. The van der Waals surface area contributed by atoms with Crippen molar-refractivity contribution in [2.45, 2.75) is 50.8 Å². The number of hydrogen-bond acceptors (Lipinski definition) is 4. The van der Waals surface area contributed by atoms with Crippen molar-refractivity contribution in [3.05, 3.63) is 0 Å². The van der Waals surface area contributed by atoms with Crippen LogP contribution in [0, 0.1) is 0 Å². The molecule has 1 aliphatic heterocycles. The number of hydrogen-bond donors (Lipinski definition) is 1. The van der Waals surface area contributed by atoms with Crippen LogP contribution >= 0.6 is 0 Å². The molecule has 0 spiro atoms. The molecular weight excluding hydrogens is 248 g/mol. The van der Waals surface area contributed by atoms with E-state index in [0.29, 0.717) is 6.54 Å². The van der Waals surface area contributed by atoms with Crippen molar-refractivity contribution in [3.63, 3.8) is 0 Å². The van der Waals surface area contributed by atoms with Gasteiger partial charge in [-0.05, 0) is 26.7 Å². The van der Waals surface area contributed by atoms with Gasteiger partial charge in [-0.2, -0.15) is 0 Å². The van der Waals surface area contributed by atoms with E-state index < -0.39 is 14.6 Å². The van der Waals surface area contributed by atoms with Crippen LogP contribution in [0.15, 0.2) is 0 Å². The molecule has 1 rings (SSSR count). The smallest absolute Gasteiger partial charge is 0.153 e. The Morgan fingerprint density at radius 1 is 1.28 bits per heavy atom. The lowest BCUT2D eigenvalue weighted by molar-refractivity contribution is 0.116. The van der Waals surface area contributed by atoms with Gasteiger partial charge in [-0.1, -0.05) is 13.8 Å². The largest absolute Gasteiger partial charge is 0.309 e. The minimum Gasteiger partial charge on any atom is -0.309 e. The Bertz CT molecular complexity index is 372. The van der Waals surface area contributed by atoms with Gasteiger partial charge >= 0.3 is 0 Å². The number of sulfone groups is 1. The summed E-state index contributed by atoms with van der Waals surface area (Å²) in [5.41, 5.74) is 0.159. The third-order valence-electron chi connectivity index (χ3n) is 4.42. The van der Waals surface area contributed by atoms with Gasteiger partial charge in [0.25, 0.3) is 0 Å². The van der Waals surface area contributed by atoms with Crippen molar-refractivity contribution in [2.75, 3.05) is 32.4 Å². The van der Waals surface area contributed by atoms with Gasteiger partial charge in [0.1, 0.15) is 0 Å². The zero-order valence-corrected chi connectivity index (χ0v) is 13.2. The Labute approximate surface area is 112 Å². The first-order valence-electron chi connectivity index (χ1n) is 6.83. The molecule has 1 saturated heterocycles. The highest BCUT2D eigenvalue weighted by molar-refractivity contribution is 7.92. The summed E-state index contributed by atoms with van der Waals surface area (Å²) in [4.78, 5) is 2.30. The van der Waals surface area contributed by atoms with Crippen molar-refractivity contribution in [1.29, 1.82) is 0 Å². The molecular formula is C13H28N2O2S. The highest BCUT2D eigenvalue weighted by Gasteiger charge is 2.37. The van der Waals surface area contributed by atoms with E-state index in [-0.39, 0.29) is 5.54 Å². The van der Waals surface area contributed by atoms with Crippen LogP contribution in [-0.2, 0) is 9.84 Å². The summed E-state index contributed by atoms with van der Waals surface area (Å²) in [5, 5.41) is 3.60. The highest BCUT2D eigenvalue weighted by atomic mass is 32.2. The van der Waals surface area contributed by atoms with Gasteiger partial charge in [0, 0.05) is 38.0 Å². The van der Waals surface area contributed by atoms with Crippen LogP contribution in [0.4, 0.5) is 0 Å². The normalized spacial score (nSPS) is 22.1. The first kappa shape index (κ1) is 15.9. The molecule has 0 unspecified atom stereocenters. The van der Waals surface area contributed by atoms with Crippen LogP contribution in [0.2, 0.25) is 0 Å². The van der Waals surface area contributed by atoms with Crippen LogP contribution in [0.1, 0.15) is 40.5 Å². The predicted octanol–water partition coefficient (Wildman–Crippen LogP) is 1.27. The molecule has 18 heavy (non-hydrogen) atoms. The number of piperazine rings is 1. The lowest BCUT2D eigenvalue weighted by atomic mass is 9.90. The summed E-state index contributed by atoms with van der Waals surface area (Å²) in [5.74, 6) is 0. The van der Waals surface area contributed by atoms with Crippen LogP contribution in [0.25, 0.3) is 0 Å².